The number of aryl methyl sites for hydroxylation is 1. The number of hydrogen-bond acceptors (Lipinski definition) is 4. The van der Waals surface area contributed by atoms with E-state index in [1.165, 1.54) is 18.4 Å². The van der Waals surface area contributed by atoms with Crippen LogP contribution < -0.4 is 5.32 Å². The predicted octanol–water partition coefficient (Wildman–Crippen LogP) is 2.56. The van der Waals surface area contributed by atoms with E-state index in [1.807, 2.05) is 0 Å². The van der Waals surface area contributed by atoms with Gasteiger partial charge in [0.05, 0.1) is 19.7 Å². The van der Waals surface area contributed by atoms with Crippen LogP contribution in [0.4, 0.5) is 0 Å². The van der Waals surface area contributed by atoms with Crippen LogP contribution in [-0.4, -0.2) is 38.3 Å². The number of furan rings is 1. The first-order valence-electron chi connectivity index (χ1n) is 7.74. The summed E-state index contributed by atoms with van der Waals surface area (Å²) in [7, 11) is 2.11. The number of ether oxygens (including phenoxy) is 1. The fourth-order valence-electron chi connectivity index (χ4n) is 2.18. The van der Waals surface area contributed by atoms with Crippen molar-refractivity contribution in [1.82, 2.24) is 10.2 Å². The van der Waals surface area contributed by atoms with Crippen LogP contribution in [0, 0.1) is 12.8 Å². The van der Waals surface area contributed by atoms with E-state index in [1.54, 1.807) is 0 Å². The van der Waals surface area contributed by atoms with Crippen LogP contribution in [-0.2, 0) is 17.8 Å². The molecule has 0 aliphatic heterocycles. The van der Waals surface area contributed by atoms with Crippen molar-refractivity contribution >= 4 is 0 Å². The highest BCUT2D eigenvalue weighted by molar-refractivity contribution is 5.19. The third-order valence-corrected chi connectivity index (χ3v) is 3.70. The van der Waals surface area contributed by atoms with E-state index >= 15 is 0 Å². The summed E-state index contributed by atoms with van der Waals surface area (Å²) in [5.74, 6) is 2.95. The van der Waals surface area contributed by atoms with Gasteiger partial charge in [0.1, 0.15) is 11.5 Å². The molecule has 1 aliphatic carbocycles. The molecule has 0 amide bonds. The van der Waals surface area contributed by atoms with E-state index in [2.05, 4.69) is 37.2 Å². The summed E-state index contributed by atoms with van der Waals surface area (Å²) in [6.45, 7) is 9.56. The summed E-state index contributed by atoms with van der Waals surface area (Å²) in [6.07, 6.45) is 2.71. The Balaban J connectivity index is 1.67. The highest BCUT2D eigenvalue weighted by Crippen LogP contribution is 2.28. The number of nitrogens with one attached hydrogen (secondary N) is 1. The number of nitrogens with zero attached hydrogens (tertiary/aromatic N) is 1. The molecule has 0 aromatic carbocycles. The van der Waals surface area contributed by atoms with Gasteiger partial charge >= 0.3 is 0 Å². The largest absolute Gasteiger partial charge is 0.463 e. The molecule has 0 bridgehead atoms. The summed E-state index contributed by atoms with van der Waals surface area (Å²) in [5.41, 5.74) is 1.24. The molecular weight excluding hydrogens is 252 g/mol. The van der Waals surface area contributed by atoms with Crippen molar-refractivity contribution in [3.63, 3.8) is 0 Å². The number of hydrogen-bond donors (Lipinski definition) is 1. The van der Waals surface area contributed by atoms with Crippen molar-refractivity contribution in [2.75, 3.05) is 33.4 Å². The fraction of sp³-hybridized carbons (Fsp3) is 0.750. The smallest absolute Gasteiger partial charge is 0.120 e. The molecule has 2 rings (SSSR count). The molecule has 1 aromatic heterocycles. The predicted molar refractivity (Wildman–Crippen MR) is 80.7 cm³/mol. The zero-order chi connectivity index (χ0) is 14.4. The molecule has 4 heteroatoms. The lowest BCUT2D eigenvalue weighted by Gasteiger charge is -2.15. The molecule has 1 aliphatic rings. The van der Waals surface area contributed by atoms with E-state index < -0.39 is 0 Å². The summed E-state index contributed by atoms with van der Waals surface area (Å²) in [6, 6.07) is 2.15. The maximum atomic E-state index is 5.90. The first kappa shape index (κ1) is 15.5. The highest BCUT2D eigenvalue weighted by atomic mass is 16.5. The van der Waals surface area contributed by atoms with Gasteiger partial charge in [-0.1, -0.05) is 6.92 Å². The van der Waals surface area contributed by atoms with Gasteiger partial charge in [0.25, 0.3) is 0 Å². The van der Waals surface area contributed by atoms with Crippen LogP contribution in [0.5, 0.6) is 0 Å². The second kappa shape index (κ2) is 7.81. The van der Waals surface area contributed by atoms with Gasteiger partial charge in [-0.2, -0.15) is 0 Å². The Kier molecular flexibility index (Phi) is 6.07. The van der Waals surface area contributed by atoms with Crippen LogP contribution in [0.2, 0.25) is 0 Å². The minimum Gasteiger partial charge on any atom is -0.463 e. The number of likely N-dealkylation sites (N-methyl/N-ethyl adjacent to an activating group) is 1. The zero-order valence-corrected chi connectivity index (χ0v) is 13.1. The Labute approximate surface area is 122 Å². The van der Waals surface area contributed by atoms with Gasteiger partial charge in [-0.15, -0.1) is 0 Å². The third kappa shape index (κ3) is 5.27. The Morgan fingerprint density at radius 2 is 2.25 bits per heavy atom. The van der Waals surface area contributed by atoms with E-state index in [0.717, 1.165) is 56.8 Å². The van der Waals surface area contributed by atoms with Crippen molar-refractivity contribution in [3.05, 3.63) is 23.2 Å². The summed E-state index contributed by atoms with van der Waals surface area (Å²) in [5, 5.41) is 3.30. The van der Waals surface area contributed by atoms with Crippen molar-refractivity contribution in [2.45, 2.75) is 39.8 Å². The quantitative estimate of drug-likeness (QED) is 0.668. The van der Waals surface area contributed by atoms with Gasteiger partial charge in [-0.25, -0.2) is 0 Å². The normalized spacial score (nSPS) is 15.2. The molecule has 0 unspecified atom stereocenters. The maximum absolute atomic E-state index is 5.90. The molecule has 1 aromatic rings. The Morgan fingerprint density at radius 3 is 2.95 bits per heavy atom. The fourth-order valence-corrected chi connectivity index (χ4v) is 2.18. The molecule has 0 radical (unpaired) electrons. The third-order valence-electron chi connectivity index (χ3n) is 3.70. The molecule has 1 fully saturated rings. The SMILES string of the molecule is CCNCc1oc(CN(C)CCOCC2CC2)cc1C. The van der Waals surface area contributed by atoms with Gasteiger partial charge in [-0.05, 0) is 50.9 Å². The average Bonchev–Trinajstić information content (AvgIpc) is 3.17. The Morgan fingerprint density at radius 1 is 1.45 bits per heavy atom. The Hall–Kier alpha value is -0.840. The van der Waals surface area contributed by atoms with Crippen molar-refractivity contribution < 1.29 is 9.15 Å². The topological polar surface area (TPSA) is 37.6 Å². The molecule has 1 saturated carbocycles. The molecule has 4 nitrogen and oxygen atoms in total. The minimum atomic E-state index is 0.816. The first-order valence-corrected chi connectivity index (χ1v) is 7.74. The molecule has 114 valence electrons. The highest BCUT2D eigenvalue weighted by Gasteiger charge is 2.21. The zero-order valence-electron chi connectivity index (χ0n) is 13.1. The molecule has 1 heterocycles. The lowest BCUT2D eigenvalue weighted by molar-refractivity contribution is 0.0999. The van der Waals surface area contributed by atoms with Crippen LogP contribution in [0.15, 0.2) is 10.5 Å². The minimum absolute atomic E-state index is 0.816. The molecule has 20 heavy (non-hydrogen) atoms. The maximum Gasteiger partial charge on any atom is 0.120 e. The monoisotopic (exact) mass is 280 g/mol. The number of rotatable bonds is 10. The standard InChI is InChI=1S/C16H28N2O2/c1-4-17-10-16-13(2)9-15(20-16)11-18(3)7-8-19-12-14-5-6-14/h9,14,17H,4-8,10-12H2,1-3H3. The van der Waals surface area contributed by atoms with Gasteiger partial charge in [0, 0.05) is 13.2 Å². The molecule has 0 spiro atoms. The van der Waals surface area contributed by atoms with Crippen LogP contribution >= 0.6 is 0 Å². The van der Waals surface area contributed by atoms with Crippen molar-refractivity contribution in [1.29, 1.82) is 0 Å². The van der Waals surface area contributed by atoms with E-state index in [4.69, 9.17) is 9.15 Å². The first-order chi connectivity index (χ1) is 9.69. The van der Waals surface area contributed by atoms with Crippen molar-refractivity contribution in [2.24, 2.45) is 5.92 Å². The van der Waals surface area contributed by atoms with Crippen molar-refractivity contribution in [3.8, 4) is 0 Å². The lowest BCUT2D eigenvalue weighted by atomic mass is 10.2. The van der Waals surface area contributed by atoms with E-state index in [0.29, 0.717) is 0 Å². The molecule has 0 atom stereocenters. The average molecular weight is 280 g/mol. The van der Waals surface area contributed by atoms with Gasteiger partial charge in [0.2, 0.25) is 0 Å². The summed E-state index contributed by atoms with van der Waals surface area (Å²) in [4.78, 5) is 2.25. The van der Waals surface area contributed by atoms with E-state index in [-0.39, 0.29) is 0 Å². The molecule has 1 N–H and O–H groups in total. The second-order valence-electron chi connectivity index (χ2n) is 5.86. The lowest BCUT2D eigenvalue weighted by Crippen LogP contribution is -2.22. The van der Waals surface area contributed by atoms with Crippen LogP contribution in [0.25, 0.3) is 0 Å². The Bertz CT molecular complexity index is 399. The summed E-state index contributed by atoms with van der Waals surface area (Å²) >= 11 is 0. The second-order valence-corrected chi connectivity index (χ2v) is 5.86. The van der Waals surface area contributed by atoms with E-state index in [9.17, 15) is 0 Å². The van der Waals surface area contributed by atoms with Gasteiger partial charge in [-0.3, -0.25) is 4.90 Å². The van der Waals surface area contributed by atoms with Crippen LogP contribution in [0.3, 0.4) is 0 Å². The molecule has 0 saturated heterocycles. The van der Waals surface area contributed by atoms with Gasteiger partial charge < -0.3 is 14.5 Å². The van der Waals surface area contributed by atoms with Gasteiger partial charge in [0.15, 0.2) is 0 Å². The van der Waals surface area contributed by atoms with Crippen LogP contribution in [0.1, 0.15) is 36.8 Å². The summed E-state index contributed by atoms with van der Waals surface area (Å²) < 4.78 is 11.6. The molecular formula is C16H28N2O2.